The molecule has 4 rings (SSSR count). The van der Waals surface area contributed by atoms with Crippen molar-refractivity contribution in [3.8, 4) is 16.9 Å². The number of rotatable bonds is 1. The Morgan fingerprint density at radius 3 is 2.71 bits per heavy atom. The lowest BCUT2D eigenvalue weighted by Gasteiger charge is -2.38. The minimum Gasteiger partial charge on any atom is -0.470 e. The molecule has 2 aliphatic heterocycles. The van der Waals surface area contributed by atoms with Crippen LogP contribution in [0.25, 0.3) is 11.1 Å². The third kappa shape index (κ3) is 2.20. The Balaban J connectivity index is 1.82. The molecule has 0 radical (unpaired) electrons. The first kappa shape index (κ1) is 12.8. The van der Waals surface area contributed by atoms with Crippen LogP contribution in [0.2, 0.25) is 0 Å². The second kappa shape index (κ2) is 5.13. The molecule has 1 saturated heterocycles. The summed E-state index contributed by atoms with van der Waals surface area (Å²) in [5.74, 6) is 0.664. The summed E-state index contributed by atoms with van der Waals surface area (Å²) in [5.41, 5.74) is 3.04. The number of nitrogens with zero attached hydrogens (tertiary/aromatic N) is 1. The summed E-state index contributed by atoms with van der Waals surface area (Å²) in [6, 6.07) is 13.0. The lowest BCUT2D eigenvalue weighted by Crippen LogP contribution is -2.47. The number of benzene rings is 2. The second-order valence-corrected chi connectivity index (χ2v) is 5.48. The van der Waals surface area contributed by atoms with Crippen molar-refractivity contribution in [3.05, 3.63) is 53.8 Å². The fraction of sp³-hybridized carbons (Fsp3) is 0.294. The van der Waals surface area contributed by atoms with E-state index in [9.17, 15) is 4.39 Å². The lowest BCUT2D eigenvalue weighted by molar-refractivity contribution is 0.0133. The lowest BCUT2D eigenvalue weighted by atomic mass is 9.94. The molecule has 0 saturated carbocycles. The van der Waals surface area contributed by atoms with Crippen LogP contribution < -0.4 is 10.1 Å². The molecule has 2 aromatic carbocycles. The van der Waals surface area contributed by atoms with Crippen LogP contribution in [0.1, 0.15) is 11.8 Å². The van der Waals surface area contributed by atoms with Crippen molar-refractivity contribution >= 4 is 0 Å². The van der Waals surface area contributed by atoms with E-state index in [2.05, 4.69) is 10.2 Å². The van der Waals surface area contributed by atoms with Gasteiger partial charge < -0.3 is 10.1 Å². The van der Waals surface area contributed by atoms with Gasteiger partial charge in [-0.1, -0.05) is 24.3 Å². The molecule has 1 unspecified atom stereocenters. The molecule has 2 aromatic rings. The molecule has 2 heterocycles. The van der Waals surface area contributed by atoms with E-state index in [1.807, 2.05) is 30.3 Å². The van der Waals surface area contributed by atoms with Gasteiger partial charge in [-0.15, -0.1) is 0 Å². The van der Waals surface area contributed by atoms with E-state index in [1.54, 1.807) is 6.07 Å². The molecule has 0 aliphatic carbocycles. The van der Waals surface area contributed by atoms with Gasteiger partial charge in [-0.05, 0) is 23.8 Å². The summed E-state index contributed by atoms with van der Waals surface area (Å²) in [4.78, 5) is 2.27. The normalized spacial score (nSPS) is 21.3. The van der Waals surface area contributed by atoms with Crippen LogP contribution >= 0.6 is 0 Å². The number of para-hydroxylation sites is 1. The topological polar surface area (TPSA) is 24.5 Å². The van der Waals surface area contributed by atoms with Gasteiger partial charge in [0.2, 0.25) is 0 Å². The highest BCUT2D eigenvalue weighted by molar-refractivity contribution is 5.75. The predicted molar refractivity (Wildman–Crippen MR) is 79.6 cm³/mol. The van der Waals surface area contributed by atoms with Gasteiger partial charge in [-0.2, -0.15) is 0 Å². The third-order valence-electron chi connectivity index (χ3n) is 4.18. The maximum atomic E-state index is 13.7. The van der Waals surface area contributed by atoms with Crippen LogP contribution in [0.4, 0.5) is 4.39 Å². The van der Waals surface area contributed by atoms with Crippen molar-refractivity contribution in [2.24, 2.45) is 0 Å². The van der Waals surface area contributed by atoms with Gasteiger partial charge in [0.05, 0.1) is 0 Å². The summed E-state index contributed by atoms with van der Waals surface area (Å²) in [6.45, 7) is 3.68. The van der Waals surface area contributed by atoms with Crippen LogP contribution in [0.15, 0.2) is 42.5 Å². The summed E-state index contributed by atoms with van der Waals surface area (Å²) in [5, 5.41) is 3.34. The van der Waals surface area contributed by atoms with Crippen LogP contribution in [0.5, 0.6) is 5.75 Å². The van der Waals surface area contributed by atoms with Gasteiger partial charge in [0, 0.05) is 37.3 Å². The van der Waals surface area contributed by atoms with Crippen molar-refractivity contribution in [1.29, 1.82) is 0 Å². The van der Waals surface area contributed by atoms with E-state index in [0.717, 1.165) is 48.6 Å². The minimum absolute atomic E-state index is 0.201. The Labute approximate surface area is 123 Å². The predicted octanol–water partition coefficient (Wildman–Crippen LogP) is 2.79. The molecule has 3 nitrogen and oxygen atoms in total. The van der Waals surface area contributed by atoms with Crippen molar-refractivity contribution in [3.63, 3.8) is 0 Å². The fourth-order valence-electron chi connectivity index (χ4n) is 3.15. The van der Waals surface area contributed by atoms with Gasteiger partial charge in [0.15, 0.2) is 6.23 Å². The highest BCUT2D eigenvalue weighted by Gasteiger charge is 2.31. The minimum atomic E-state index is -0.211. The molecular weight excluding hydrogens is 267 g/mol. The number of fused-ring (bicyclic) bond motifs is 3. The average Bonchev–Trinajstić information content (AvgIpc) is 2.54. The molecule has 0 aromatic heterocycles. The fourth-order valence-corrected chi connectivity index (χ4v) is 3.15. The molecule has 1 fully saturated rings. The van der Waals surface area contributed by atoms with E-state index in [0.29, 0.717) is 0 Å². The van der Waals surface area contributed by atoms with Crippen molar-refractivity contribution in [2.75, 3.05) is 26.2 Å². The Morgan fingerprint density at radius 2 is 1.86 bits per heavy atom. The summed E-state index contributed by atoms with van der Waals surface area (Å²) in [7, 11) is 0. The van der Waals surface area contributed by atoms with Crippen LogP contribution in [-0.4, -0.2) is 31.1 Å². The number of nitrogens with one attached hydrogen (secondary N) is 1. The molecule has 1 N–H and O–H groups in total. The van der Waals surface area contributed by atoms with Gasteiger partial charge in [-0.3, -0.25) is 4.90 Å². The SMILES string of the molecule is Fc1ccc2c(c1)C(N1CCNCC1)Oc1ccccc1-2. The zero-order valence-corrected chi connectivity index (χ0v) is 11.7. The summed E-state index contributed by atoms with van der Waals surface area (Å²) in [6.07, 6.45) is -0.201. The van der Waals surface area contributed by atoms with E-state index >= 15 is 0 Å². The van der Waals surface area contributed by atoms with Crippen LogP contribution in [0, 0.1) is 5.82 Å². The Bertz CT molecular complexity index is 668. The van der Waals surface area contributed by atoms with Gasteiger partial charge >= 0.3 is 0 Å². The largest absolute Gasteiger partial charge is 0.470 e. The molecule has 0 amide bonds. The Hall–Kier alpha value is -1.91. The first-order valence-corrected chi connectivity index (χ1v) is 7.33. The van der Waals surface area contributed by atoms with Crippen molar-refractivity contribution in [2.45, 2.75) is 6.23 Å². The molecule has 108 valence electrons. The van der Waals surface area contributed by atoms with Gasteiger partial charge in [0.1, 0.15) is 11.6 Å². The monoisotopic (exact) mass is 284 g/mol. The highest BCUT2D eigenvalue weighted by Crippen LogP contribution is 2.43. The molecule has 0 bridgehead atoms. The van der Waals surface area contributed by atoms with Crippen molar-refractivity contribution in [1.82, 2.24) is 10.2 Å². The maximum absolute atomic E-state index is 13.7. The number of ether oxygens (including phenoxy) is 1. The van der Waals surface area contributed by atoms with E-state index < -0.39 is 0 Å². The maximum Gasteiger partial charge on any atom is 0.179 e. The molecule has 21 heavy (non-hydrogen) atoms. The number of halogens is 1. The summed E-state index contributed by atoms with van der Waals surface area (Å²) >= 11 is 0. The highest BCUT2D eigenvalue weighted by atomic mass is 19.1. The number of piperazine rings is 1. The van der Waals surface area contributed by atoms with E-state index in [4.69, 9.17) is 4.74 Å². The smallest absolute Gasteiger partial charge is 0.179 e. The summed E-state index contributed by atoms with van der Waals surface area (Å²) < 4.78 is 19.9. The van der Waals surface area contributed by atoms with E-state index in [1.165, 1.54) is 6.07 Å². The molecule has 1 atom stereocenters. The number of hydrogen-bond donors (Lipinski definition) is 1. The van der Waals surface area contributed by atoms with Gasteiger partial charge in [0.25, 0.3) is 0 Å². The molecular formula is C17H17FN2O. The standard InChI is InChI=1S/C17H17FN2O/c18-12-5-6-13-14-3-1-2-4-16(14)21-17(15(13)11-12)20-9-7-19-8-10-20/h1-6,11,17,19H,7-10H2. The third-order valence-corrected chi connectivity index (χ3v) is 4.18. The number of hydrogen-bond acceptors (Lipinski definition) is 3. The second-order valence-electron chi connectivity index (χ2n) is 5.48. The first-order valence-electron chi connectivity index (χ1n) is 7.33. The zero-order valence-electron chi connectivity index (χ0n) is 11.7. The quantitative estimate of drug-likeness (QED) is 0.871. The Morgan fingerprint density at radius 1 is 1.05 bits per heavy atom. The van der Waals surface area contributed by atoms with E-state index in [-0.39, 0.29) is 12.0 Å². The zero-order chi connectivity index (χ0) is 14.2. The molecule has 2 aliphatic rings. The van der Waals surface area contributed by atoms with Crippen LogP contribution in [0.3, 0.4) is 0 Å². The first-order chi connectivity index (χ1) is 10.3. The average molecular weight is 284 g/mol. The van der Waals surface area contributed by atoms with Gasteiger partial charge in [-0.25, -0.2) is 4.39 Å². The van der Waals surface area contributed by atoms with Crippen LogP contribution in [-0.2, 0) is 0 Å². The molecule has 4 heteroatoms. The van der Waals surface area contributed by atoms with Crippen molar-refractivity contribution < 1.29 is 9.13 Å². The Kier molecular flexibility index (Phi) is 3.13. The molecule has 0 spiro atoms.